The van der Waals surface area contributed by atoms with Crippen LogP contribution < -0.4 is 0 Å². The molecular weight excluding hydrogens is 291 g/mol. The summed E-state index contributed by atoms with van der Waals surface area (Å²) in [7, 11) is 0. The molecule has 0 unspecified atom stereocenters. The monoisotopic (exact) mass is 306 g/mol. The molecule has 0 amide bonds. The maximum Gasteiger partial charge on any atom is 0.0716 e. The number of ether oxygens (including phenoxy) is 1. The van der Waals surface area contributed by atoms with Crippen molar-refractivity contribution in [1.29, 1.82) is 0 Å². The molecule has 0 heterocycles. The van der Waals surface area contributed by atoms with E-state index >= 15 is 0 Å². The molecule has 0 aliphatic carbocycles. The standard InChI is InChI=1S/C11H15IO2/c12-11(8-13)6-7-14-9-10-4-2-1-3-5-10/h1-5,11,13H,6-9H2/t11-/m0/s1. The smallest absolute Gasteiger partial charge is 0.0716 e. The predicted octanol–water partition coefficient (Wildman–Crippen LogP) is 2.39. The molecule has 3 heteroatoms. The molecule has 1 atom stereocenters. The van der Waals surface area contributed by atoms with Crippen molar-refractivity contribution in [3.05, 3.63) is 35.9 Å². The van der Waals surface area contributed by atoms with Gasteiger partial charge in [-0.05, 0) is 12.0 Å². The summed E-state index contributed by atoms with van der Waals surface area (Å²) in [6, 6.07) is 10.1. The molecule has 1 aromatic carbocycles. The Balaban J connectivity index is 2.10. The van der Waals surface area contributed by atoms with Crippen LogP contribution in [0.4, 0.5) is 0 Å². The molecule has 0 bridgehead atoms. The zero-order valence-electron chi connectivity index (χ0n) is 8.03. The van der Waals surface area contributed by atoms with E-state index in [2.05, 4.69) is 22.6 Å². The van der Waals surface area contributed by atoms with Gasteiger partial charge in [0.2, 0.25) is 0 Å². The second-order valence-corrected chi connectivity index (χ2v) is 4.87. The van der Waals surface area contributed by atoms with E-state index in [0.29, 0.717) is 17.1 Å². The first-order valence-electron chi connectivity index (χ1n) is 4.69. The third-order valence-electron chi connectivity index (χ3n) is 1.89. The Labute approximate surface area is 98.4 Å². The van der Waals surface area contributed by atoms with Crippen LogP contribution in [0.2, 0.25) is 0 Å². The normalized spacial score (nSPS) is 12.7. The molecule has 0 aromatic heterocycles. The fraction of sp³-hybridized carbons (Fsp3) is 0.455. The van der Waals surface area contributed by atoms with Crippen LogP contribution >= 0.6 is 22.6 Å². The van der Waals surface area contributed by atoms with E-state index in [0.717, 1.165) is 6.42 Å². The number of aliphatic hydroxyl groups is 1. The minimum Gasteiger partial charge on any atom is -0.395 e. The number of benzene rings is 1. The Hall–Kier alpha value is -0.130. The van der Waals surface area contributed by atoms with Crippen LogP contribution in [0, 0.1) is 0 Å². The molecule has 0 aliphatic heterocycles. The van der Waals surface area contributed by atoms with Gasteiger partial charge in [-0.3, -0.25) is 0 Å². The van der Waals surface area contributed by atoms with Gasteiger partial charge in [0.25, 0.3) is 0 Å². The van der Waals surface area contributed by atoms with Crippen molar-refractivity contribution in [2.75, 3.05) is 13.2 Å². The Morgan fingerprint density at radius 1 is 1.29 bits per heavy atom. The molecule has 14 heavy (non-hydrogen) atoms. The lowest BCUT2D eigenvalue weighted by Gasteiger charge is -2.07. The van der Waals surface area contributed by atoms with Gasteiger partial charge in [-0.1, -0.05) is 52.9 Å². The van der Waals surface area contributed by atoms with Crippen LogP contribution in [0.3, 0.4) is 0 Å². The third kappa shape index (κ3) is 4.93. The first kappa shape index (κ1) is 11.9. The van der Waals surface area contributed by atoms with E-state index in [1.165, 1.54) is 5.56 Å². The summed E-state index contributed by atoms with van der Waals surface area (Å²) in [4.78, 5) is 0. The number of alkyl halides is 1. The van der Waals surface area contributed by atoms with Crippen molar-refractivity contribution in [1.82, 2.24) is 0 Å². The lowest BCUT2D eigenvalue weighted by molar-refractivity contribution is 0.115. The van der Waals surface area contributed by atoms with E-state index < -0.39 is 0 Å². The van der Waals surface area contributed by atoms with Crippen LogP contribution in [0.25, 0.3) is 0 Å². The molecular formula is C11H15IO2. The van der Waals surface area contributed by atoms with Crippen LogP contribution in [-0.4, -0.2) is 22.2 Å². The first-order valence-corrected chi connectivity index (χ1v) is 5.94. The topological polar surface area (TPSA) is 29.5 Å². The Kier molecular flexibility index (Phi) is 6.14. The zero-order chi connectivity index (χ0) is 10.2. The van der Waals surface area contributed by atoms with Crippen LogP contribution in [0.1, 0.15) is 12.0 Å². The molecule has 78 valence electrons. The van der Waals surface area contributed by atoms with Crippen LogP contribution in [-0.2, 0) is 11.3 Å². The van der Waals surface area contributed by atoms with Crippen LogP contribution in [0.15, 0.2) is 30.3 Å². The van der Waals surface area contributed by atoms with Gasteiger partial charge in [0.05, 0.1) is 13.2 Å². The molecule has 0 aliphatic rings. The number of hydrogen-bond acceptors (Lipinski definition) is 2. The van der Waals surface area contributed by atoms with Gasteiger partial charge in [0.1, 0.15) is 0 Å². The second-order valence-electron chi connectivity index (χ2n) is 3.11. The average molecular weight is 306 g/mol. The summed E-state index contributed by atoms with van der Waals surface area (Å²) in [5, 5.41) is 8.79. The average Bonchev–Trinajstić information content (AvgIpc) is 2.25. The largest absolute Gasteiger partial charge is 0.395 e. The van der Waals surface area contributed by atoms with E-state index in [1.54, 1.807) is 0 Å². The predicted molar refractivity (Wildman–Crippen MR) is 65.6 cm³/mol. The molecule has 0 radical (unpaired) electrons. The SMILES string of the molecule is OC[C@@H](I)CCOCc1ccccc1. The van der Waals surface area contributed by atoms with Gasteiger partial charge in [-0.25, -0.2) is 0 Å². The maximum absolute atomic E-state index is 8.79. The first-order chi connectivity index (χ1) is 6.83. The fourth-order valence-electron chi connectivity index (χ4n) is 1.07. The Morgan fingerprint density at radius 3 is 2.64 bits per heavy atom. The number of rotatable bonds is 6. The third-order valence-corrected chi connectivity index (χ3v) is 2.90. The van der Waals surface area contributed by atoms with Crippen molar-refractivity contribution < 1.29 is 9.84 Å². The van der Waals surface area contributed by atoms with Gasteiger partial charge in [0.15, 0.2) is 0 Å². The summed E-state index contributed by atoms with van der Waals surface area (Å²) < 4.78 is 5.78. The minimum absolute atomic E-state index is 0.231. The zero-order valence-corrected chi connectivity index (χ0v) is 10.2. The van der Waals surface area contributed by atoms with E-state index in [1.807, 2.05) is 30.3 Å². The van der Waals surface area contributed by atoms with Gasteiger partial charge in [-0.2, -0.15) is 0 Å². The van der Waals surface area contributed by atoms with Gasteiger partial charge in [-0.15, -0.1) is 0 Å². The molecule has 0 saturated carbocycles. The lowest BCUT2D eigenvalue weighted by Crippen LogP contribution is -2.07. The molecule has 2 nitrogen and oxygen atoms in total. The summed E-state index contributed by atoms with van der Waals surface area (Å²) >= 11 is 2.23. The van der Waals surface area contributed by atoms with Gasteiger partial charge >= 0.3 is 0 Å². The summed E-state index contributed by atoms with van der Waals surface area (Å²) in [5.74, 6) is 0. The van der Waals surface area contributed by atoms with Crippen molar-refractivity contribution in [2.45, 2.75) is 17.0 Å². The molecule has 1 aromatic rings. The van der Waals surface area contributed by atoms with Gasteiger partial charge < -0.3 is 9.84 Å². The van der Waals surface area contributed by atoms with Crippen molar-refractivity contribution >= 4 is 22.6 Å². The molecule has 0 saturated heterocycles. The van der Waals surface area contributed by atoms with Crippen molar-refractivity contribution in [2.24, 2.45) is 0 Å². The Morgan fingerprint density at radius 2 is 2.00 bits per heavy atom. The highest BCUT2D eigenvalue weighted by Gasteiger charge is 2.00. The number of hydrogen-bond donors (Lipinski definition) is 1. The maximum atomic E-state index is 8.79. The fourth-order valence-corrected chi connectivity index (χ4v) is 1.32. The number of halogens is 1. The molecule has 1 rings (SSSR count). The number of aliphatic hydroxyl groups excluding tert-OH is 1. The lowest BCUT2D eigenvalue weighted by atomic mass is 10.2. The second kappa shape index (κ2) is 7.20. The highest BCUT2D eigenvalue weighted by atomic mass is 127. The summed E-state index contributed by atoms with van der Waals surface area (Å²) in [6.07, 6.45) is 0.907. The quantitative estimate of drug-likeness (QED) is 0.497. The van der Waals surface area contributed by atoms with Crippen molar-refractivity contribution in [3.63, 3.8) is 0 Å². The minimum atomic E-state index is 0.231. The van der Waals surface area contributed by atoms with E-state index in [-0.39, 0.29) is 6.61 Å². The summed E-state index contributed by atoms with van der Waals surface area (Å²) in [6.45, 7) is 1.61. The van der Waals surface area contributed by atoms with Crippen molar-refractivity contribution in [3.8, 4) is 0 Å². The molecule has 0 fully saturated rings. The van der Waals surface area contributed by atoms with E-state index in [4.69, 9.17) is 9.84 Å². The highest BCUT2D eigenvalue weighted by Crippen LogP contribution is 2.06. The van der Waals surface area contributed by atoms with Gasteiger partial charge in [0, 0.05) is 10.5 Å². The molecule has 0 spiro atoms. The Bertz CT molecular complexity index is 238. The van der Waals surface area contributed by atoms with E-state index in [9.17, 15) is 0 Å². The van der Waals surface area contributed by atoms with Crippen LogP contribution in [0.5, 0.6) is 0 Å². The molecule has 1 N–H and O–H groups in total. The summed E-state index contributed by atoms with van der Waals surface area (Å²) in [5.41, 5.74) is 1.20. The highest BCUT2D eigenvalue weighted by molar-refractivity contribution is 14.1.